The molecule has 0 aromatic carbocycles. The Morgan fingerprint density at radius 1 is 1.20 bits per heavy atom. The van der Waals surface area contributed by atoms with Gasteiger partial charge in [-0.1, -0.05) is 6.92 Å². The Labute approximate surface area is 125 Å². The van der Waals surface area contributed by atoms with Crippen LogP contribution in [0.15, 0.2) is 0 Å². The van der Waals surface area contributed by atoms with E-state index in [0.29, 0.717) is 18.7 Å². The average Bonchev–Trinajstić information content (AvgIpc) is 2.35. The van der Waals surface area contributed by atoms with Crippen LogP contribution in [-0.2, 0) is 9.53 Å². The highest BCUT2D eigenvalue weighted by molar-refractivity contribution is 5.80. The second-order valence-electron chi connectivity index (χ2n) is 6.33. The molecule has 1 N–H and O–H groups in total. The van der Waals surface area contributed by atoms with E-state index in [9.17, 15) is 4.79 Å². The zero-order chi connectivity index (χ0) is 15.9. The Balaban J connectivity index is 4.92. The fourth-order valence-corrected chi connectivity index (χ4v) is 2.59. The average molecular weight is 286 g/mol. The van der Waals surface area contributed by atoms with Crippen molar-refractivity contribution in [2.24, 2.45) is 0 Å². The van der Waals surface area contributed by atoms with Gasteiger partial charge in [0.2, 0.25) is 0 Å². The van der Waals surface area contributed by atoms with Gasteiger partial charge >= 0.3 is 5.97 Å². The van der Waals surface area contributed by atoms with Crippen LogP contribution in [0, 0.1) is 0 Å². The quantitative estimate of drug-likeness (QED) is 0.662. The van der Waals surface area contributed by atoms with Gasteiger partial charge in [0.1, 0.15) is 5.54 Å². The zero-order valence-electron chi connectivity index (χ0n) is 14.6. The van der Waals surface area contributed by atoms with Crippen LogP contribution in [0.4, 0.5) is 0 Å². The van der Waals surface area contributed by atoms with Crippen molar-refractivity contribution in [3.05, 3.63) is 0 Å². The third-order valence-electron chi connectivity index (χ3n) is 4.02. The van der Waals surface area contributed by atoms with Crippen LogP contribution < -0.4 is 5.32 Å². The third kappa shape index (κ3) is 5.80. The predicted octanol–water partition coefficient (Wildman–Crippen LogP) is 2.82. The van der Waals surface area contributed by atoms with Crippen LogP contribution in [0.2, 0.25) is 0 Å². The van der Waals surface area contributed by atoms with Gasteiger partial charge in [0.25, 0.3) is 0 Å². The SMILES string of the molecule is CCOC(=O)C(C)(CC(C)N(C)C(C)CC)NC(C)C. The summed E-state index contributed by atoms with van der Waals surface area (Å²) in [5, 5.41) is 3.38. The molecule has 4 nitrogen and oxygen atoms in total. The Bertz CT molecular complexity index is 294. The molecular formula is C16H34N2O2. The Morgan fingerprint density at radius 3 is 2.15 bits per heavy atom. The van der Waals surface area contributed by atoms with E-state index >= 15 is 0 Å². The lowest BCUT2D eigenvalue weighted by molar-refractivity contribution is -0.151. The fraction of sp³-hybridized carbons (Fsp3) is 0.938. The normalized spacial score (nSPS) is 17.9. The third-order valence-corrected chi connectivity index (χ3v) is 4.02. The maximum atomic E-state index is 12.3. The molecule has 0 amide bonds. The minimum Gasteiger partial charge on any atom is -0.465 e. The summed E-state index contributed by atoms with van der Waals surface area (Å²) in [6.07, 6.45) is 1.85. The van der Waals surface area contributed by atoms with E-state index in [4.69, 9.17) is 4.74 Å². The van der Waals surface area contributed by atoms with Crippen LogP contribution in [0.25, 0.3) is 0 Å². The molecule has 0 aliphatic rings. The Kier molecular flexibility index (Phi) is 8.36. The number of nitrogens with one attached hydrogen (secondary N) is 1. The molecule has 0 aliphatic heterocycles. The van der Waals surface area contributed by atoms with Gasteiger partial charge < -0.3 is 9.64 Å². The first-order valence-corrected chi connectivity index (χ1v) is 7.84. The van der Waals surface area contributed by atoms with Gasteiger partial charge in [-0.25, -0.2) is 0 Å². The summed E-state index contributed by atoms with van der Waals surface area (Å²) in [6, 6.07) is 1.06. The van der Waals surface area contributed by atoms with Crippen molar-refractivity contribution < 1.29 is 9.53 Å². The minimum atomic E-state index is -0.634. The maximum Gasteiger partial charge on any atom is 0.326 e. The first-order valence-electron chi connectivity index (χ1n) is 7.84. The number of ether oxygens (including phenoxy) is 1. The van der Waals surface area contributed by atoms with Gasteiger partial charge in [0.05, 0.1) is 6.61 Å². The highest BCUT2D eigenvalue weighted by atomic mass is 16.5. The van der Waals surface area contributed by atoms with E-state index in [-0.39, 0.29) is 12.0 Å². The summed E-state index contributed by atoms with van der Waals surface area (Å²) in [5.41, 5.74) is -0.634. The molecule has 3 unspecified atom stereocenters. The van der Waals surface area contributed by atoms with Crippen LogP contribution in [-0.4, -0.2) is 48.2 Å². The first kappa shape index (κ1) is 19.4. The molecule has 3 atom stereocenters. The second-order valence-corrected chi connectivity index (χ2v) is 6.33. The van der Waals surface area contributed by atoms with Crippen LogP contribution >= 0.6 is 0 Å². The lowest BCUT2D eigenvalue weighted by Crippen LogP contribution is -2.56. The number of carbonyl (C=O) groups is 1. The molecule has 4 heteroatoms. The van der Waals surface area contributed by atoms with Crippen molar-refractivity contribution in [1.82, 2.24) is 10.2 Å². The smallest absolute Gasteiger partial charge is 0.326 e. The summed E-state index contributed by atoms with van der Waals surface area (Å²) in [7, 11) is 2.12. The van der Waals surface area contributed by atoms with Crippen molar-refractivity contribution in [3.8, 4) is 0 Å². The van der Waals surface area contributed by atoms with E-state index in [1.165, 1.54) is 0 Å². The molecule has 0 bridgehead atoms. The molecule has 0 aromatic rings. The number of rotatable bonds is 9. The predicted molar refractivity (Wildman–Crippen MR) is 84.9 cm³/mol. The molecular weight excluding hydrogens is 252 g/mol. The summed E-state index contributed by atoms with van der Waals surface area (Å²) in [6.45, 7) is 14.9. The van der Waals surface area contributed by atoms with Gasteiger partial charge in [-0.3, -0.25) is 10.1 Å². The molecule has 20 heavy (non-hydrogen) atoms. The topological polar surface area (TPSA) is 41.6 Å². The molecule has 0 radical (unpaired) electrons. The molecule has 0 saturated heterocycles. The first-order chi connectivity index (χ1) is 9.17. The molecule has 0 aliphatic carbocycles. The van der Waals surface area contributed by atoms with E-state index < -0.39 is 5.54 Å². The zero-order valence-corrected chi connectivity index (χ0v) is 14.6. The van der Waals surface area contributed by atoms with Crippen molar-refractivity contribution in [2.75, 3.05) is 13.7 Å². The summed E-state index contributed by atoms with van der Waals surface area (Å²) < 4.78 is 5.26. The van der Waals surface area contributed by atoms with Gasteiger partial charge in [-0.2, -0.15) is 0 Å². The van der Waals surface area contributed by atoms with Gasteiger partial charge in [0, 0.05) is 18.1 Å². The van der Waals surface area contributed by atoms with E-state index in [1.54, 1.807) is 0 Å². The van der Waals surface area contributed by atoms with Crippen LogP contribution in [0.3, 0.4) is 0 Å². The minimum absolute atomic E-state index is 0.155. The second kappa shape index (κ2) is 8.63. The van der Waals surface area contributed by atoms with E-state index in [1.807, 2.05) is 13.8 Å². The maximum absolute atomic E-state index is 12.3. The van der Waals surface area contributed by atoms with Crippen molar-refractivity contribution in [3.63, 3.8) is 0 Å². The summed E-state index contributed by atoms with van der Waals surface area (Å²) in [4.78, 5) is 14.6. The highest BCUT2D eigenvalue weighted by Crippen LogP contribution is 2.20. The largest absolute Gasteiger partial charge is 0.465 e. The molecule has 0 heterocycles. The van der Waals surface area contributed by atoms with Crippen molar-refractivity contribution >= 4 is 5.97 Å². The molecule has 0 spiro atoms. The van der Waals surface area contributed by atoms with Crippen LogP contribution in [0.5, 0.6) is 0 Å². The summed E-state index contributed by atoms with van der Waals surface area (Å²) in [5.74, 6) is -0.155. The van der Waals surface area contributed by atoms with Crippen LogP contribution in [0.1, 0.15) is 61.3 Å². The fourth-order valence-electron chi connectivity index (χ4n) is 2.59. The number of hydrogen-bond donors (Lipinski definition) is 1. The Morgan fingerprint density at radius 2 is 1.75 bits per heavy atom. The van der Waals surface area contributed by atoms with Crippen molar-refractivity contribution in [1.29, 1.82) is 0 Å². The van der Waals surface area contributed by atoms with Gasteiger partial charge in [0.15, 0.2) is 0 Å². The summed E-state index contributed by atoms with van der Waals surface area (Å²) >= 11 is 0. The molecule has 0 saturated carbocycles. The van der Waals surface area contributed by atoms with Gasteiger partial charge in [-0.15, -0.1) is 0 Å². The molecule has 0 aromatic heterocycles. The Hall–Kier alpha value is -0.610. The standard InChI is InChI=1S/C16H34N2O2/c1-9-13(5)18(8)14(6)11-16(7,17-12(3)4)15(19)20-10-2/h12-14,17H,9-11H2,1-8H3. The monoisotopic (exact) mass is 286 g/mol. The van der Waals surface area contributed by atoms with E-state index in [2.05, 4.69) is 51.9 Å². The van der Waals surface area contributed by atoms with Crippen molar-refractivity contribution in [2.45, 2.75) is 85.0 Å². The molecule has 0 fully saturated rings. The lowest BCUT2D eigenvalue weighted by atomic mass is 9.91. The highest BCUT2D eigenvalue weighted by Gasteiger charge is 2.37. The molecule has 0 rings (SSSR count). The van der Waals surface area contributed by atoms with Gasteiger partial charge in [-0.05, 0) is 61.4 Å². The molecule has 120 valence electrons. The van der Waals surface area contributed by atoms with E-state index in [0.717, 1.165) is 12.8 Å². The number of esters is 1. The number of hydrogen-bond acceptors (Lipinski definition) is 4. The number of nitrogens with zero attached hydrogens (tertiary/aromatic N) is 1. The number of carbonyl (C=O) groups excluding carboxylic acids is 1. The lowest BCUT2D eigenvalue weighted by Gasteiger charge is -2.37.